The summed E-state index contributed by atoms with van der Waals surface area (Å²) < 4.78 is 0. The van der Waals surface area contributed by atoms with Gasteiger partial charge in [-0.1, -0.05) is 35.9 Å². The van der Waals surface area contributed by atoms with Crippen LogP contribution < -0.4 is 5.32 Å². The van der Waals surface area contributed by atoms with Crippen LogP contribution in [0.25, 0.3) is 0 Å². The smallest absolute Gasteiger partial charge is 0.255 e. The first kappa shape index (κ1) is 20.3. The molecular formula is C23H21ClN2O4. The number of ketones is 1. The van der Waals surface area contributed by atoms with Crippen molar-refractivity contribution in [1.29, 1.82) is 0 Å². The molecule has 0 radical (unpaired) electrons. The summed E-state index contributed by atoms with van der Waals surface area (Å²) in [4.78, 5) is 50.1. The van der Waals surface area contributed by atoms with Crippen molar-refractivity contribution in [1.82, 2.24) is 10.2 Å². The topological polar surface area (TPSA) is 83.6 Å². The van der Waals surface area contributed by atoms with E-state index >= 15 is 0 Å². The average Bonchev–Trinajstić information content (AvgIpc) is 3.02. The molecule has 4 rings (SSSR count). The molecule has 3 amide bonds. The maximum atomic E-state index is 12.7. The molecule has 0 spiro atoms. The number of nitrogens with zero attached hydrogens (tertiary/aromatic N) is 1. The quantitative estimate of drug-likeness (QED) is 0.723. The molecule has 1 unspecified atom stereocenters. The highest BCUT2D eigenvalue weighted by atomic mass is 35.5. The van der Waals surface area contributed by atoms with Crippen molar-refractivity contribution in [2.24, 2.45) is 0 Å². The number of Topliss-reactive ketones (excluding diaryl/α,β-unsaturated/α-hetero) is 1. The first-order valence-corrected chi connectivity index (χ1v) is 10.3. The SMILES string of the molecule is O=C(CCc1ccc2c(c1)CN(C1CCC(=O)NC1=O)C2=O)Cc1cccc(Cl)c1. The van der Waals surface area contributed by atoms with Gasteiger partial charge in [-0.25, -0.2) is 0 Å². The molecule has 30 heavy (non-hydrogen) atoms. The molecule has 7 heteroatoms. The van der Waals surface area contributed by atoms with Gasteiger partial charge < -0.3 is 4.90 Å². The van der Waals surface area contributed by atoms with Gasteiger partial charge in [-0.15, -0.1) is 0 Å². The fourth-order valence-electron chi connectivity index (χ4n) is 4.03. The van der Waals surface area contributed by atoms with Gasteiger partial charge in [0.05, 0.1) is 0 Å². The van der Waals surface area contributed by atoms with E-state index in [1.807, 2.05) is 24.3 Å². The minimum atomic E-state index is -0.620. The summed E-state index contributed by atoms with van der Waals surface area (Å²) in [5.41, 5.74) is 3.30. The molecule has 2 heterocycles. The molecular weight excluding hydrogens is 404 g/mol. The number of imide groups is 1. The third kappa shape index (κ3) is 4.28. The number of carbonyl (C=O) groups excluding carboxylic acids is 4. The third-order valence-corrected chi connectivity index (χ3v) is 5.81. The zero-order valence-electron chi connectivity index (χ0n) is 16.3. The van der Waals surface area contributed by atoms with Crippen LogP contribution >= 0.6 is 11.6 Å². The van der Waals surface area contributed by atoms with Crippen LogP contribution in [0.15, 0.2) is 42.5 Å². The lowest BCUT2D eigenvalue weighted by Crippen LogP contribution is -2.52. The largest absolute Gasteiger partial charge is 0.322 e. The number of hydrogen-bond acceptors (Lipinski definition) is 4. The number of piperidine rings is 1. The highest BCUT2D eigenvalue weighted by Crippen LogP contribution is 2.28. The third-order valence-electron chi connectivity index (χ3n) is 5.57. The summed E-state index contributed by atoms with van der Waals surface area (Å²) in [6.07, 6.45) is 1.90. The molecule has 1 fully saturated rings. The van der Waals surface area contributed by atoms with Crippen molar-refractivity contribution in [3.05, 3.63) is 69.7 Å². The molecule has 154 valence electrons. The van der Waals surface area contributed by atoms with Gasteiger partial charge in [0.25, 0.3) is 5.91 Å². The lowest BCUT2D eigenvalue weighted by Gasteiger charge is -2.29. The Morgan fingerprint density at radius 1 is 1.10 bits per heavy atom. The summed E-state index contributed by atoms with van der Waals surface area (Å²) in [5, 5.41) is 2.92. The lowest BCUT2D eigenvalue weighted by atomic mass is 10.00. The van der Waals surface area contributed by atoms with E-state index in [0.717, 1.165) is 16.7 Å². The van der Waals surface area contributed by atoms with Gasteiger partial charge in [0.15, 0.2) is 0 Å². The van der Waals surface area contributed by atoms with E-state index in [2.05, 4.69) is 5.32 Å². The molecule has 2 aromatic rings. The summed E-state index contributed by atoms with van der Waals surface area (Å²) in [7, 11) is 0. The zero-order chi connectivity index (χ0) is 21.3. The highest BCUT2D eigenvalue weighted by molar-refractivity contribution is 6.30. The molecule has 2 aliphatic heterocycles. The first-order valence-electron chi connectivity index (χ1n) is 9.93. The Hall–Kier alpha value is -2.99. The number of fused-ring (bicyclic) bond motifs is 1. The summed E-state index contributed by atoms with van der Waals surface area (Å²) >= 11 is 5.97. The van der Waals surface area contributed by atoms with E-state index in [1.165, 1.54) is 4.90 Å². The average molecular weight is 425 g/mol. The number of nitrogens with one attached hydrogen (secondary N) is 1. The van der Waals surface area contributed by atoms with Crippen molar-refractivity contribution < 1.29 is 19.2 Å². The number of halogens is 1. The lowest BCUT2D eigenvalue weighted by molar-refractivity contribution is -0.137. The Balaban J connectivity index is 1.38. The number of rotatable bonds is 6. The number of benzene rings is 2. The van der Waals surface area contributed by atoms with Crippen LogP contribution in [0.2, 0.25) is 5.02 Å². The molecule has 1 saturated heterocycles. The second-order valence-electron chi connectivity index (χ2n) is 7.74. The normalized spacial score (nSPS) is 18.4. The maximum Gasteiger partial charge on any atom is 0.255 e. The van der Waals surface area contributed by atoms with Gasteiger partial charge in [0.2, 0.25) is 11.8 Å². The highest BCUT2D eigenvalue weighted by Gasteiger charge is 2.39. The van der Waals surface area contributed by atoms with Gasteiger partial charge in [0.1, 0.15) is 11.8 Å². The van der Waals surface area contributed by atoms with Crippen molar-refractivity contribution in [3.63, 3.8) is 0 Å². The second kappa shape index (κ2) is 8.40. The standard InChI is InChI=1S/C23H21ClN2O4/c24-17-3-1-2-15(11-17)12-18(27)6-4-14-5-7-19-16(10-14)13-26(23(19)30)20-8-9-21(28)25-22(20)29/h1-3,5,7,10-11,20H,4,6,8-9,12-13H2,(H,25,28,29). The second-order valence-corrected chi connectivity index (χ2v) is 8.17. The molecule has 0 aliphatic carbocycles. The summed E-state index contributed by atoms with van der Waals surface area (Å²) in [5.74, 6) is -0.786. The molecule has 0 saturated carbocycles. The molecule has 1 N–H and O–H groups in total. The minimum Gasteiger partial charge on any atom is -0.322 e. The molecule has 6 nitrogen and oxygen atoms in total. The van der Waals surface area contributed by atoms with Crippen molar-refractivity contribution in [2.45, 2.75) is 44.7 Å². The number of carbonyl (C=O) groups is 4. The van der Waals surface area contributed by atoms with E-state index in [0.29, 0.717) is 42.8 Å². The monoisotopic (exact) mass is 424 g/mol. The van der Waals surface area contributed by atoms with Crippen molar-refractivity contribution >= 4 is 35.1 Å². The summed E-state index contributed by atoms with van der Waals surface area (Å²) in [6.45, 7) is 0.338. The van der Waals surface area contributed by atoms with Crippen LogP contribution in [0.4, 0.5) is 0 Å². The van der Waals surface area contributed by atoms with Crippen LogP contribution in [0.3, 0.4) is 0 Å². The zero-order valence-corrected chi connectivity index (χ0v) is 17.1. The van der Waals surface area contributed by atoms with Crippen LogP contribution in [0.1, 0.15) is 46.3 Å². The Morgan fingerprint density at radius 3 is 2.70 bits per heavy atom. The fourth-order valence-corrected chi connectivity index (χ4v) is 4.24. The molecule has 2 aliphatic rings. The Labute approximate surface area is 179 Å². The van der Waals surface area contributed by atoms with E-state index in [-0.39, 0.29) is 24.0 Å². The molecule has 0 bridgehead atoms. The Bertz CT molecular complexity index is 1050. The Kier molecular flexibility index (Phi) is 5.68. The Morgan fingerprint density at radius 2 is 1.93 bits per heavy atom. The molecule has 0 aromatic heterocycles. The summed E-state index contributed by atoms with van der Waals surface area (Å²) in [6, 6.07) is 12.2. The van der Waals surface area contributed by atoms with Gasteiger partial charge >= 0.3 is 0 Å². The first-order chi connectivity index (χ1) is 14.4. The van der Waals surface area contributed by atoms with Crippen molar-refractivity contribution in [2.75, 3.05) is 0 Å². The van der Waals surface area contributed by atoms with E-state index in [1.54, 1.807) is 18.2 Å². The van der Waals surface area contributed by atoms with E-state index < -0.39 is 11.9 Å². The number of hydrogen-bond donors (Lipinski definition) is 1. The van der Waals surface area contributed by atoms with Gasteiger partial charge in [0, 0.05) is 36.4 Å². The number of amides is 3. The van der Waals surface area contributed by atoms with Gasteiger partial charge in [-0.3, -0.25) is 24.5 Å². The van der Waals surface area contributed by atoms with Crippen LogP contribution in [0.5, 0.6) is 0 Å². The minimum absolute atomic E-state index is 0.124. The molecule has 2 aromatic carbocycles. The van der Waals surface area contributed by atoms with Crippen LogP contribution in [-0.4, -0.2) is 34.4 Å². The maximum absolute atomic E-state index is 12.7. The molecule has 1 atom stereocenters. The van der Waals surface area contributed by atoms with Gasteiger partial charge in [-0.05, 0) is 47.7 Å². The van der Waals surface area contributed by atoms with Gasteiger partial charge in [-0.2, -0.15) is 0 Å². The van der Waals surface area contributed by atoms with Crippen molar-refractivity contribution in [3.8, 4) is 0 Å². The van der Waals surface area contributed by atoms with Crippen LogP contribution in [-0.2, 0) is 33.8 Å². The predicted octanol–water partition coefficient (Wildman–Crippen LogP) is 2.85. The van der Waals surface area contributed by atoms with Crippen LogP contribution in [0, 0.1) is 0 Å². The van der Waals surface area contributed by atoms with E-state index in [4.69, 9.17) is 11.6 Å². The predicted molar refractivity (Wildman–Crippen MR) is 111 cm³/mol. The fraction of sp³-hybridized carbons (Fsp3) is 0.304. The van der Waals surface area contributed by atoms with E-state index in [9.17, 15) is 19.2 Å². The number of aryl methyl sites for hydroxylation is 1.